The van der Waals surface area contributed by atoms with E-state index in [1.165, 1.54) is 18.1 Å². The number of hydrogen-bond donors (Lipinski definition) is 2. The standard InChI is InChI=1S/C13H17N3O3/c1-19-13(18)11-3-2-6-16(11)12(17)9-5-4-8(14)7-10(9)15/h4-5,7,11H,2-3,6,14-15H2,1H3. The van der Waals surface area contributed by atoms with Gasteiger partial charge >= 0.3 is 5.97 Å². The van der Waals surface area contributed by atoms with Gasteiger partial charge in [-0.25, -0.2) is 4.79 Å². The molecule has 1 saturated heterocycles. The molecule has 6 heteroatoms. The number of amides is 1. The molecule has 1 atom stereocenters. The van der Waals surface area contributed by atoms with Crippen molar-refractivity contribution in [3.63, 3.8) is 0 Å². The lowest BCUT2D eigenvalue weighted by molar-refractivity contribution is -0.145. The molecule has 1 amide bonds. The lowest BCUT2D eigenvalue weighted by Crippen LogP contribution is -2.41. The number of anilines is 2. The van der Waals surface area contributed by atoms with Crippen molar-refractivity contribution < 1.29 is 14.3 Å². The quantitative estimate of drug-likeness (QED) is 0.602. The van der Waals surface area contributed by atoms with Crippen molar-refractivity contribution in [2.24, 2.45) is 0 Å². The first-order valence-corrected chi connectivity index (χ1v) is 6.08. The fourth-order valence-corrected chi connectivity index (χ4v) is 2.32. The van der Waals surface area contributed by atoms with Crippen molar-refractivity contribution >= 4 is 23.3 Å². The number of benzene rings is 1. The summed E-state index contributed by atoms with van der Waals surface area (Å²) in [5, 5.41) is 0. The van der Waals surface area contributed by atoms with Gasteiger partial charge in [-0.05, 0) is 31.0 Å². The van der Waals surface area contributed by atoms with Gasteiger partial charge in [0.05, 0.1) is 12.7 Å². The second kappa shape index (κ2) is 5.17. The van der Waals surface area contributed by atoms with E-state index < -0.39 is 6.04 Å². The first-order valence-electron chi connectivity index (χ1n) is 6.08. The molecule has 1 fully saturated rings. The smallest absolute Gasteiger partial charge is 0.328 e. The summed E-state index contributed by atoms with van der Waals surface area (Å²) in [6.45, 7) is 0.530. The number of hydrogen-bond acceptors (Lipinski definition) is 5. The predicted octanol–water partition coefficient (Wildman–Crippen LogP) is 0.629. The first-order chi connectivity index (χ1) is 9.04. The topological polar surface area (TPSA) is 98.6 Å². The molecule has 2 rings (SSSR count). The Balaban J connectivity index is 2.25. The van der Waals surface area contributed by atoms with Crippen molar-refractivity contribution in [3.8, 4) is 0 Å². The van der Waals surface area contributed by atoms with E-state index in [2.05, 4.69) is 0 Å². The van der Waals surface area contributed by atoms with Gasteiger partial charge in [0.2, 0.25) is 0 Å². The van der Waals surface area contributed by atoms with Gasteiger partial charge < -0.3 is 21.1 Å². The van der Waals surface area contributed by atoms with E-state index in [4.69, 9.17) is 16.2 Å². The van der Waals surface area contributed by atoms with Crippen LogP contribution >= 0.6 is 0 Å². The Morgan fingerprint density at radius 1 is 1.37 bits per heavy atom. The lowest BCUT2D eigenvalue weighted by atomic mass is 10.1. The molecule has 0 spiro atoms. The molecule has 1 aromatic carbocycles. The molecule has 0 radical (unpaired) electrons. The minimum Gasteiger partial charge on any atom is -0.467 e. The fourth-order valence-electron chi connectivity index (χ4n) is 2.32. The van der Waals surface area contributed by atoms with Crippen molar-refractivity contribution in [1.29, 1.82) is 0 Å². The largest absolute Gasteiger partial charge is 0.467 e. The van der Waals surface area contributed by atoms with E-state index in [0.717, 1.165) is 6.42 Å². The van der Waals surface area contributed by atoms with E-state index in [1.807, 2.05) is 0 Å². The van der Waals surface area contributed by atoms with Crippen LogP contribution in [-0.4, -0.2) is 36.5 Å². The van der Waals surface area contributed by atoms with E-state index in [-0.39, 0.29) is 11.9 Å². The van der Waals surface area contributed by atoms with Gasteiger partial charge in [-0.2, -0.15) is 0 Å². The van der Waals surface area contributed by atoms with Crippen LogP contribution in [0, 0.1) is 0 Å². The predicted molar refractivity (Wildman–Crippen MR) is 71.3 cm³/mol. The van der Waals surface area contributed by atoms with Gasteiger partial charge in [-0.15, -0.1) is 0 Å². The van der Waals surface area contributed by atoms with Crippen LogP contribution < -0.4 is 11.5 Å². The third-order valence-electron chi connectivity index (χ3n) is 3.29. The number of likely N-dealkylation sites (tertiary alicyclic amines) is 1. The van der Waals surface area contributed by atoms with Crippen LogP contribution in [0.2, 0.25) is 0 Å². The van der Waals surface area contributed by atoms with Crippen molar-refractivity contribution in [1.82, 2.24) is 4.90 Å². The molecule has 0 bridgehead atoms. The van der Waals surface area contributed by atoms with E-state index in [0.29, 0.717) is 29.9 Å². The summed E-state index contributed by atoms with van der Waals surface area (Å²) < 4.78 is 4.72. The Labute approximate surface area is 111 Å². The number of rotatable bonds is 2. The summed E-state index contributed by atoms with van der Waals surface area (Å²) in [5.41, 5.74) is 12.6. The molecule has 19 heavy (non-hydrogen) atoms. The summed E-state index contributed by atoms with van der Waals surface area (Å²) in [6, 6.07) is 4.22. The molecule has 4 N–H and O–H groups in total. The maximum Gasteiger partial charge on any atom is 0.328 e. The van der Waals surface area contributed by atoms with Crippen LogP contribution in [-0.2, 0) is 9.53 Å². The molecule has 0 aromatic heterocycles. The number of carbonyl (C=O) groups is 2. The second-order valence-corrected chi connectivity index (χ2v) is 4.53. The highest BCUT2D eigenvalue weighted by Gasteiger charge is 2.35. The molecule has 6 nitrogen and oxygen atoms in total. The van der Waals surface area contributed by atoms with Gasteiger partial charge in [0.25, 0.3) is 5.91 Å². The third-order valence-corrected chi connectivity index (χ3v) is 3.29. The van der Waals surface area contributed by atoms with Crippen LogP contribution in [0.5, 0.6) is 0 Å². The SMILES string of the molecule is COC(=O)C1CCCN1C(=O)c1ccc(N)cc1N. The molecule has 102 valence electrons. The van der Waals surface area contributed by atoms with Gasteiger partial charge in [-0.1, -0.05) is 0 Å². The number of methoxy groups -OCH3 is 1. The zero-order valence-electron chi connectivity index (χ0n) is 10.8. The zero-order valence-corrected chi connectivity index (χ0v) is 10.8. The summed E-state index contributed by atoms with van der Waals surface area (Å²) in [4.78, 5) is 25.5. The Kier molecular flexibility index (Phi) is 3.59. The molecule has 0 saturated carbocycles. The molecular formula is C13H17N3O3. The molecule has 1 heterocycles. The number of ether oxygens (including phenoxy) is 1. The normalized spacial score (nSPS) is 18.4. The molecule has 1 aliphatic heterocycles. The minimum absolute atomic E-state index is 0.259. The van der Waals surface area contributed by atoms with Gasteiger partial charge in [-0.3, -0.25) is 4.79 Å². The van der Waals surface area contributed by atoms with Crippen LogP contribution in [0.15, 0.2) is 18.2 Å². The number of esters is 1. The van der Waals surface area contributed by atoms with Crippen LogP contribution in [0.25, 0.3) is 0 Å². The zero-order chi connectivity index (χ0) is 14.0. The summed E-state index contributed by atoms with van der Waals surface area (Å²) >= 11 is 0. The third kappa shape index (κ3) is 2.47. The lowest BCUT2D eigenvalue weighted by Gasteiger charge is -2.23. The van der Waals surface area contributed by atoms with Gasteiger partial charge in [0.15, 0.2) is 0 Å². The Morgan fingerprint density at radius 3 is 2.74 bits per heavy atom. The fraction of sp³-hybridized carbons (Fsp3) is 0.385. The summed E-state index contributed by atoms with van der Waals surface area (Å²) in [7, 11) is 1.32. The molecule has 1 unspecified atom stereocenters. The van der Waals surface area contributed by atoms with Gasteiger partial charge in [0, 0.05) is 17.9 Å². The van der Waals surface area contributed by atoms with Crippen molar-refractivity contribution in [3.05, 3.63) is 23.8 Å². The van der Waals surface area contributed by atoms with Crippen molar-refractivity contribution in [2.45, 2.75) is 18.9 Å². The van der Waals surface area contributed by atoms with Gasteiger partial charge in [0.1, 0.15) is 6.04 Å². The Bertz CT molecular complexity index is 516. The molecule has 1 aromatic rings. The summed E-state index contributed by atoms with van der Waals surface area (Å²) in [6.07, 6.45) is 1.40. The van der Waals surface area contributed by atoms with E-state index >= 15 is 0 Å². The molecular weight excluding hydrogens is 246 g/mol. The molecule has 0 aliphatic carbocycles. The van der Waals surface area contributed by atoms with Crippen LogP contribution in [0.1, 0.15) is 23.2 Å². The monoisotopic (exact) mass is 263 g/mol. The Hall–Kier alpha value is -2.24. The highest BCUT2D eigenvalue weighted by Crippen LogP contribution is 2.24. The van der Waals surface area contributed by atoms with Crippen LogP contribution in [0.3, 0.4) is 0 Å². The van der Waals surface area contributed by atoms with Crippen LogP contribution in [0.4, 0.5) is 11.4 Å². The van der Waals surface area contributed by atoms with E-state index in [1.54, 1.807) is 12.1 Å². The second-order valence-electron chi connectivity index (χ2n) is 4.53. The number of nitrogen functional groups attached to an aromatic ring is 2. The number of nitrogens with zero attached hydrogens (tertiary/aromatic N) is 1. The highest BCUT2D eigenvalue weighted by atomic mass is 16.5. The Morgan fingerprint density at radius 2 is 2.11 bits per heavy atom. The number of nitrogens with two attached hydrogens (primary N) is 2. The van der Waals surface area contributed by atoms with Crippen molar-refractivity contribution in [2.75, 3.05) is 25.1 Å². The van der Waals surface area contributed by atoms with E-state index in [9.17, 15) is 9.59 Å². The molecule has 1 aliphatic rings. The first kappa shape index (κ1) is 13.2. The maximum absolute atomic E-state index is 12.4. The number of carbonyl (C=O) groups excluding carboxylic acids is 2. The average Bonchev–Trinajstić information content (AvgIpc) is 2.86. The summed E-state index contributed by atoms with van der Waals surface area (Å²) in [5.74, 6) is -0.648. The average molecular weight is 263 g/mol. The maximum atomic E-state index is 12.4. The highest BCUT2D eigenvalue weighted by molar-refractivity contribution is 6.01. The minimum atomic E-state index is -0.519.